The Morgan fingerprint density at radius 3 is 3.00 bits per heavy atom. The fourth-order valence-corrected chi connectivity index (χ4v) is 3.83. The van der Waals surface area contributed by atoms with Gasteiger partial charge in [-0.2, -0.15) is 0 Å². The van der Waals surface area contributed by atoms with Gasteiger partial charge in [-0.25, -0.2) is 0 Å². The molecular weight excluding hydrogens is 313 g/mol. The normalized spacial score (nSPS) is 10.9. The van der Waals surface area contributed by atoms with Crippen LogP contribution in [0.1, 0.15) is 0 Å². The summed E-state index contributed by atoms with van der Waals surface area (Å²) in [5, 5.41) is 3.39. The first-order chi connectivity index (χ1) is 6.24. The van der Waals surface area contributed by atoms with Crippen LogP contribution in [0.2, 0.25) is 0 Å². The standard InChI is InChI=1S/C9H8INS2/c1-12-7-4-6-5(2-3-13-6)8(10)9(7)11/h2-4H,11H2,1H3. The SMILES string of the molecule is CSc1cc2sccc2c(I)c1N. The van der Waals surface area contributed by atoms with Crippen LogP contribution in [0.5, 0.6) is 0 Å². The summed E-state index contributed by atoms with van der Waals surface area (Å²) in [7, 11) is 0. The van der Waals surface area contributed by atoms with Gasteiger partial charge in [0.25, 0.3) is 0 Å². The Hall–Kier alpha value is 0.0600. The first kappa shape index (κ1) is 9.61. The van der Waals surface area contributed by atoms with Crippen LogP contribution in [0.25, 0.3) is 10.1 Å². The van der Waals surface area contributed by atoms with Gasteiger partial charge in [-0.15, -0.1) is 23.1 Å². The molecule has 0 fully saturated rings. The number of rotatable bonds is 1. The number of thiophene rings is 1. The van der Waals surface area contributed by atoms with Crippen molar-refractivity contribution in [3.8, 4) is 0 Å². The minimum atomic E-state index is 0.916. The van der Waals surface area contributed by atoms with Gasteiger partial charge >= 0.3 is 0 Å². The van der Waals surface area contributed by atoms with E-state index < -0.39 is 0 Å². The number of hydrogen-bond donors (Lipinski definition) is 1. The van der Waals surface area contributed by atoms with Gasteiger partial charge in [0, 0.05) is 18.6 Å². The molecule has 0 amide bonds. The van der Waals surface area contributed by atoms with Crippen molar-refractivity contribution < 1.29 is 0 Å². The number of nitrogen functional groups attached to an aromatic ring is 1. The third-order valence-electron chi connectivity index (χ3n) is 1.92. The molecule has 0 saturated carbocycles. The van der Waals surface area contributed by atoms with Crippen molar-refractivity contribution in [3.05, 3.63) is 21.1 Å². The van der Waals surface area contributed by atoms with Crippen LogP contribution in [0.15, 0.2) is 22.4 Å². The summed E-state index contributed by atoms with van der Waals surface area (Å²) in [5.74, 6) is 0. The van der Waals surface area contributed by atoms with Crippen LogP contribution in [-0.2, 0) is 0 Å². The Balaban J connectivity index is 2.83. The van der Waals surface area contributed by atoms with Crippen LogP contribution in [0, 0.1) is 3.57 Å². The summed E-state index contributed by atoms with van der Waals surface area (Å²) in [6, 6.07) is 4.30. The van der Waals surface area contributed by atoms with E-state index in [-0.39, 0.29) is 0 Å². The van der Waals surface area contributed by atoms with Crippen molar-refractivity contribution in [2.24, 2.45) is 0 Å². The van der Waals surface area contributed by atoms with Crippen molar-refractivity contribution >= 4 is 61.5 Å². The molecule has 0 atom stereocenters. The fraction of sp³-hybridized carbons (Fsp3) is 0.111. The molecule has 0 aliphatic carbocycles. The van der Waals surface area contributed by atoms with Gasteiger partial charge in [-0.1, -0.05) is 0 Å². The summed E-state index contributed by atoms with van der Waals surface area (Å²) < 4.78 is 2.50. The van der Waals surface area contributed by atoms with Gasteiger partial charge in [0.2, 0.25) is 0 Å². The van der Waals surface area contributed by atoms with Crippen LogP contribution in [-0.4, -0.2) is 6.26 Å². The predicted molar refractivity (Wildman–Crippen MR) is 70.7 cm³/mol. The van der Waals surface area contributed by atoms with Gasteiger partial charge in [0.1, 0.15) is 0 Å². The molecule has 1 aromatic carbocycles. The first-order valence-electron chi connectivity index (χ1n) is 3.73. The molecule has 2 N–H and O–H groups in total. The van der Waals surface area contributed by atoms with Gasteiger partial charge in [0.15, 0.2) is 0 Å². The van der Waals surface area contributed by atoms with Crippen molar-refractivity contribution in [3.63, 3.8) is 0 Å². The maximum Gasteiger partial charge on any atom is 0.0594 e. The first-order valence-corrected chi connectivity index (χ1v) is 6.91. The maximum atomic E-state index is 5.99. The molecule has 0 radical (unpaired) electrons. The van der Waals surface area contributed by atoms with E-state index in [0.717, 1.165) is 5.69 Å². The summed E-state index contributed by atoms with van der Waals surface area (Å²) in [5.41, 5.74) is 6.91. The van der Waals surface area contributed by atoms with E-state index >= 15 is 0 Å². The van der Waals surface area contributed by atoms with E-state index in [1.807, 2.05) is 0 Å². The largest absolute Gasteiger partial charge is 0.397 e. The molecule has 4 heteroatoms. The zero-order chi connectivity index (χ0) is 9.42. The van der Waals surface area contributed by atoms with E-state index in [2.05, 4.69) is 46.4 Å². The maximum absolute atomic E-state index is 5.99. The predicted octanol–water partition coefficient (Wildman–Crippen LogP) is 3.81. The van der Waals surface area contributed by atoms with Crippen LogP contribution < -0.4 is 5.73 Å². The van der Waals surface area contributed by atoms with E-state index in [0.29, 0.717) is 0 Å². The lowest BCUT2D eigenvalue weighted by molar-refractivity contribution is 1.50. The van der Waals surface area contributed by atoms with Gasteiger partial charge < -0.3 is 5.73 Å². The van der Waals surface area contributed by atoms with Crippen molar-refractivity contribution in [2.45, 2.75) is 4.90 Å². The number of fused-ring (bicyclic) bond motifs is 1. The highest BCUT2D eigenvalue weighted by Crippen LogP contribution is 2.36. The molecule has 0 saturated heterocycles. The van der Waals surface area contributed by atoms with Crippen molar-refractivity contribution in [2.75, 3.05) is 12.0 Å². The van der Waals surface area contributed by atoms with E-state index in [1.165, 1.54) is 18.6 Å². The lowest BCUT2D eigenvalue weighted by Gasteiger charge is -2.05. The number of hydrogen-bond acceptors (Lipinski definition) is 3. The molecule has 0 aliphatic rings. The molecule has 1 heterocycles. The van der Waals surface area contributed by atoms with Crippen LogP contribution in [0.3, 0.4) is 0 Å². The van der Waals surface area contributed by atoms with Crippen LogP contribution in [0.4, 0.5) is 5.69 Å². The molecule has 2 aromatic rings. The molecule has 0 unspecified atom stereocenters. The lowest BCUT2D eigenvalue weighted by Crippen LogP contribution is -1.92. The van der Waals surface area contributed by atoms with Crippen molar-refractivity contribution in [1.29, 1.82) is 0 Å². The third-order valence-corrected chi connectivity index (χ3v) is 4.72. The second kappa shape index (κ2) is 3.67. The highest BCUT2D eigenvalue weighted by atomic mass is 127. The van der Waals surface area contributed by atoms with E-state index in [1.54, 1.807) is 23.1 Å². The summed E-state index contributed by atoms with van der Waals surface area (Å²) >= 11 is 5.79. The van der Waals surface area contributed by atoms with E-state index in [9.17, 15) is 0 Å². The number of nitrogens with two attached hydrogens (primary N) is 1. The summed E-state index contributed by atoms with van der Waals surface area (Å²) in [4.78, 5) is 1.18. The highest BCUT2D eigenvalue weighted by Gasteiger charge is 2.08. The fourth-order valence-electron chi connectivity index (χ4n) is 1.23. The zero-order valence-corrected chi connectivity index (χ0v) is 10.8. The van der Waals surface area contributed by atoms with Crippen molar-refractivity contribution in [1.82, 2.24) is 0 Å². The summed E-state index contributed by atoms with van der Waals surface area (Å²) in [6.45, 7) is 0. The average Bonchev–Trinajstić information content (AvgIpc) is 2.59. The molecule has 2 rings (SSSR count). The molecule has 1 nitrogen and oxygen atoms in total. The third kappa shape index (κ3) is 1.55. The Bertz CT molecular complexity index is 450. The Labute approximate surface area is 98.8 Å². The number of halogens is 1. The second-order valence-electron chi connectivity index (χ2n) is 2.64. The Morgan fingerprint density at radius 2 is 2.31 bits per heavy atom. The zero-order valence-electron chi connectivity index (χ0n) is 7.00. The second-order valence-corrected chi connectivity index (χ2v) is 5.51. The van der Waals surface area contributed by atoms with Crippen LogP contribution >= 0.6 is 45.7 Å². The molecule has 1 aromatic heterocycles. The minimum Gasteiger partial charge on any atom is -0.397 e. The molecular formula is C9H8INS2. The lowest BCUT2D eigenvalue weighted by atomic mass is 10.2. The van der Waals surface area contributed by atoms with Gasteiger partial charge in [-0.3, -0.25) is 0 Å². The number of anilines is 1. The number of thioether (sulfide) groups is 1. The van der Waals surface area contributed by atoms with Gasteiger partial charge in [0.05, 0.1) is 5.69 Å². The Kier molecular flexibility index (Phi) is 2.71. The molecule has 0 spiro atoms. The quantitative estimate of drug-likeness (QED) is 0.491. The van der Waals surface area contributed by atoms with E-state index in [4.69, 9.17) is 5.73 Å². The molecule has 0 bridgehead atoms. The van der Waals surface area contributed by atoms with Gasteiger partial charge in [-0.05, 0) is 46.4 Å². The highest BCUT2D eigenvalue weighted by molar-refractivity contribution is 14.1. The molecule has 0 aliphatic heterocycles. The molecule has 68 valence electrons. The topological polar surface area (TPSA) is 26.0 Å². The smallest absolute Gasteiger partial charge is 0.0594 e. The minimum absolute atomic E-state index is 0.916. The molecule has 13 heavy (non-hydrogen) atoms. The summed E-state index contributed by atoms with van der Waals surface area (Å²) in [6.07, 6.45) is 2.06. The monoisotopic (exact) mass is 321 g/mol. The average molecular weight is 321 g/mol. The Morgan fingerprint density at radius 1 is 1.54 bits per heavy atom. The number of benzene rings is 1.